The molecule has 0 amide bonds. The maximum absolute atomic E-state index is 5.80. The minimum absolute atomic E-state index is 0. The fourth-order valence-electron chi connectivity index (χ4n) is 1.52. The lowest BCUT2D eigenvalue weighted by atomic mass is 10.1. The third-order valence-corrected chi connectivity index (χ3v) is 3.42. The second-order valence-corrected chi connectivity index (χ2v) is 4.53. The summed E-state index contributed by atoms with van der Waals surface area (Å²) in [6, 6.07) is 8.48. The fraction of sp³-hybridized carbons (Fsp3) is 0.250. The SMILES string of the molecule is Cc1ncsc1-c1ccc([C@H](C)N)cc1.Cl.Cl. The first-order chi connectivity index (χ1) is 7.18. The number of aromatic nitrogens is 1. The number of nitrogens with zero attached hydrogens (tertiary/aromatic N) is 1. The second-order valence-electron chi connectivity index (χ2n) is 3.68. The van der Waals surface area contributed by atoms with Crippen LogP contribution in [0.25, 0.3) is 10.4 Å². The summed E-state index contributed by atoms with van der Waals surface area (Å²) in [7, 11) is 0. The predicted molar refractivity (Wildman–Crippen MR) is 79.4 cm³/mol. The van der Waals surface area contributed by atoms with Crippen LogP contribution in [-0.2, 0) is 0 Å². The van der Waals surface area contributed by atoms with E-state index in [1.807, 2.05) is 19.4 Å². The average molecular weight is 291 g/mol. The van der Waals surface area contributed by atoms with E-state index >= 15 is 0 Å². The molecule has 2 nitrogen and oxygen atoms in total. The van der Waals surface area contributed by atoms with Crippen molar-refractivity contribution < 1.29 is 0 Å². The van der Waals surface area contributed by atoms with Crippen molar-refractivity contribution >= 4 is 36.2 Å². The van der Waals surface area contributed by atoms with E-state index in [0.29, 0.717) is 0 Å². The van der Waals surface area contributed by atoms with E-state index in [9.17, 15) is 0 Å². The number of nitrogens with two attached hydrogens (primary N) is 1. The van der Waals surface area contributed by atoms with Gasteiger partial charge < -0.3 is 5.73 Å². The third-order valence-electron chi connectivity index (χ3n) is 2.44. The highest BCUT2D eigenvalue weighted by Crippen LogP contribution is 2.27. The highest BCUT2D eigenvalue weighted by molar-refractivity contribution is 7.13. The van der Waals surface area contributed by atoms with Crippen LogP contribution < -0.4 is 5.73 Å². The Labute approximate surface area is 118 Å². The Bertz CT molecular complexity index is 452. The maximum atomic E-state index is 5.80. The van der Waals surface area contributed by atoms with Crippen LogP contribution in [0.15, 0.2) is 29.8 Å². The van der Waals surface area contributed by atoms with Crippen LogP contribution in [0.4, 0.5) is 0 Å². The van der Waals surface area contributed by atoms with E-state index in [1.54, 1.807) is 11.3 Å². The molecule has 94 valence electrons. The minimum Gasteiger partial charge on any atom is -0.324 e. The molecule has 0 aliphatic carbocycles. The van der Waals surface area contributed by atoms with Gasteiger partial charge in [-0.15, -0.1) is 36.2 Å². The predicted octanol–water partition coefficient (Wildman–Crippen LogP) is 3.98. The minimum atomic E-state index is 0. The van der Waals surface area contributed by atoms with E-state index in [0.717, 1.165) is 5.69 Å². The molecule has 0 aliphatic heterocycles. The topological polar surface area (TPSA) is 38.9 Å². The normalized spacial score (nSPS) is 11.2. The van der Waals surface area contributed by atoms with Crippen LogP contribution in [0.5, 0.6) is 0 Å². The number of hydrogen-bond donors (Lipinski definition) is 1. The molecule has 0 unspecified atom stereocenters. The molecule has 5 heteroatoms. The van der Waals surface area contributed by atoms with Crippen molar-refractivity contribution in [3.05, 3.63) is 41.0 Å². The molecule has 2 rings (SSSR count). The molecule has 2 aromatic rings. The number of hydrogen-bond acceptors (Lipinski definition) is 3. The second kappa shape index (κ2) is 6.97. The van der Waals surface area contributed by atoms with Gasteiger partial charge in [0.05, 0.1) is 16.1 Å². The molecule has 0 bridgehead atoms. The van der Waals surface area contributed by atoms with Crippen LogP contribution >= 0.6 is 36.2 Å². The van der Waals surface area contributed by atoms with Crippen LogP contribution in [-0.4, -0.2) is 4.98 Å². The third kappa shape index (κ3) is 3.68. The highest BCUT2D eigenvalue weighted by Gasteiger charge is 2.05. The zero-order chi connectivity index (χ0) is 10.8. The smallest absolute Gasteiger partial charge is 0.0801 e. The Balaban J connectivity index is 0.00000128. The van der Waals surface area contributed by atoms with E-state index < -0.39 is 0 Å². The zero-order valence-corrected chi connectivity index (χ0v) is 12.2. The van der Waals surface area contributed by atoms with Crippen molar-refractivity contribution in [1.82, 2.24) is 4.98 Å². The Morgan fingerprint density at radius 3 is 2.18 bits per heavy atom. The molecule has 0 saturated heterocycles. The molecular formula is C12H16Cl2N2S. The highest BCUT2D eigenvalue weighted by atomic mass is 35.5. The summed E-state index contributed by atoms with van der Waals surface area (Å²) < 4.78 is 0. The number of thiazole rings is 1. The van der Waals surface area contributed by atoms with Gasteiger partial charge in [-0.1, -0.05) is 24.3 Å². The summed E-state index contributed by atoms with van der Waals surface area (Å²) in [6.45, 7) is 4.03. The molecule has 0 fully saturated rings. The molecule has 0 spiro atoms. The lowest BCUT2D eigenvalue weighted by Crippen LogP contribution is -2.04. The van der Waals surface area contributed by atoms with Gasteiger partial charge in [0.1, 0.15) is 0 Å². The Morgan fingerprint density at radius 2 is 1.76 bits per heavy atom. The molecule has 1 aromatic heterocycles. The van der Waals surface area contributed by atoms with Crippen molar-refractivity contribution in [3.63, 3.8) is 0 Å². The largest absolute Gasteiger partial charge is 0.324 e. The van der Waals surface area contributed by atoms with Crippen LogP contribution in [0, 0.1) is 6.92 Å². The van der Waals surface area contributed by atoms with Gasteiger partial charge in [-0.05, 0) is 25.0 Å². The van der Waals surface area contributed by atoms with E-state index in [1.165, 1.54) is 16.0 Å². The van der Waals surface area contributed by atoms with Crippen LogP contribution in [0.3, 0.4) is 0 Å². The standard InChI is InChI=1S/C12H14N2S.2ClH/c1-8(13)10-3-5-11(6-4-10)12-9(2)14-7-15-12;;/h3-8H,13H2,1-2H3;2*1H/t8-;;/m0../s1. The fourth-order valence-corrected chi connectivity index (χ4v) is 2.33. The number of benzene rings is 1. The molecule has 1 atom stereocenters. The quantitative estimate of drug-likeness (QED) is 0.909. The van der Waals surface area contributed by atoms with Crippen LogP contribution in [0.2, 0.25) is 0 Å². The number of rotatable bonds is 2. The molecule has 0 saturated carbocycles. The summed E-state index contributed by atoms with van der Waals surface area (Å²) in [6.07, 6.45) is 0. The monoisotopic (exact) mass is 290 g/mol. The first-order valence-corrected chi connectivity index (χ1v) is 5.82. The zero-order valence-electron chi connectivity index (χ0n) is 9.71. The first-order valence-electron chi connectivity index (χ1n) is 4.94. The Kier molecular flexibility index (Phi) is 6.72. The van der Waals surface area contributed by atoms with Gasteiger partial charge in [0.25, 0.3) is 0 Å². The van der Waals surface area contributed by atoms with E-state index in [4.69, 9.17) is 5.73 Å². The van der Waals surface area contributed by atoms with Crippen molar-refractivity contribution in [2.45, 2.75) is 19.9 Å². The van der Waals surface area contributed by atoms with Crippen molar-refractivity contribution in [2.75, 3.05) is 0 Å². The van der Waals surface area contributed by atoms with Crippen LogP contribution in [0.1, 0.15) is 24.2 Å². The average Bonchev–Trinajstić information content (AvgIpc) is 2.65. The molecule has 0 radical (unpaired) electrons. The lowest BCUT2D eigenvalue weighted by Gasteiger charge is -2.06. The van der Waals surface area contributed by atoms with Crippen molar-refractivity contribution in [1.29, 1.82) is 0 Å². The summed E-state index contributed by atoms with van der Waals surface area (Å²) in [4.78, 5) is 5.49. The molecule has 0 aliphatic rings. The van der Waals surface area contributed by atoms with Gasteiger partial charge in [-0.25, -0.2) is 4.98 Å². The van der Waals surface area contributed by atoms with Gasteiger partial charge >= 0.3 is 0 Å². The number of halogens is 2. The van der Waals surface area contributed by atoms with Gasteiger partial charge in [0.2, 0.25) is 0 Å². The Hall–Kier alpha value is -0.610. The van der Waals surface area contributed by atoms with Gasteiger partial charge in [-0.3, -0.25) is 0 Å². The van der Waals surface area contributed by atoms with Gasteiger partial charge in [-0.2, -0.15) is 0 Å². The van der Waals surface area contributed by atoms with E-state index in [-0.39, 0.29) is 30.9 Å². The van der Waals surface area contributed by atoms with Gasteiger partial charge in [0.15, 0.2) is 0 Å². The Morgan fingerprint density at radius 1 is 1.18 bits per heavy atom. The van der Waals surface area contributed by atoms with Crippen molar-refractivity contribution in [3.8, 4) is 10.4 Å². The summed E-state index contributed by atoms with van der Waals surface area (Å²) >= 11 is 1.67. The van der Waals surface area contributed by atoms with Gasteiger partial charge in [0, 0.05) is 6.04 Å². The molecule has 2 N–H and O–H groups in total. The van der Waals surface area contributed by atoms with E-state index in [2.05, 4.69) is 29.2 Å². The molecular weight excluding hydrogens is 275 g/mol. The maximum Gasteiger partial charge on any atom is 0.0801 e. The first kappa shape index (κ1) is 16.4. The van der Waals surface area contributed by atoms with Crippen molar-refractivity contribution in [2.24, 2.45) is 5.73 Å². The molecule has 17 heavy (non-hydrogen) atoms. The lowest BCUT2D eigenvalue weighted by molar-refractivity contribution is 0.818. The summed E-state index contributed by atoms with van der Waals surface area (Å²) in [5.74, 6) is 0. The molecule has 1 heterocycles. The number of aryl methyl sites for hydroxylation is 1. The summed E-state index contributed by atoms with van der Waals surface area (Å²) in [5.41, 5.74) is 11.2. The molecule has 1 aromatic carbocycles. The summed E-state index contributed by atoms with van der Waals surface area (Å²) in [5, 5.41) is 0.